The number of nitrogens with zero attached hydrogens (tertiary/aromatic N) is 9. The van der Waals surface area contributed by atoms with Gasteiger partial charge in [0.1, 0.15) is 58.3 Å². The molecule has 23 heteroatoms. The van der Waals surface area contributed by atoms with Gasteiger partial charge < -0.3 is 51.0 Å². The summed E-state index contributed by atoms with van der Waals surface area (Å²) in [6.07, 6.45) is 6.66. The number of carbonyl (C=O) groups is 2. The lowest BCUT2D eigenvalue weighted by Crippen LogP contribution is -2.30. The van der Waals surface area contributed by atoms with E-state index in [1.165, 1.54) is 44.0 Å². The number of aryl methyl sites for hydroxylation is 1. The van der Waals surface area contributed by atoms with Crippen molar-refractivity contribution < 1.29 is 32.8 Å². The maximum atomic E-state index is 13.1. The molecular formula is C53H51N15O8. The molecule has 0 bridgehead atoms. The minimum absolute atomic E-state index is 0.00765. The monoisotopic (exact) mass is 1030 g/mol. The number of aromatic nitrogens is 8. The molecule has 0 radical (unpaired) electrons. The van der Waals surface area contributed by atoms with Crippen molar-refractivity contribution in [3.63, 3.8) is 0 Å². The predicted molar refractivity (Wildman–Crippen MR) is 285 cm³/mol. The quantitative estimate of drug-likeness (QED) is 0.0525. The summed E-state index contributed by atoms with van der Waals surface area (Å²) in [5.74, 6) is 0.981. The van der Waals surface area contributed by atoms with Gasteiger partial charge in [0.25, 0.3) is 17.5 Å². The third kappa shape index (κ3) is 9.17. The summed E-state index contributed by atoms with van der Waals surface area (Å²) in [4.78, 5) is 54.0. The summed E-state index contributed by atoms with van der Waals surface area (Å²) in [5.41, 5.74) is 19.4. The molecule has 0 unspecified atom stereocenters. The number of piperidine rings is 2. The molecule has 12 rings (SSSR count). The molecule has 0 spiro atoms. The van der Waals surface area contributed by atoms with E-state index in [4.69, 9.17) is 40.0 Å². The van der Waals surface area contributed by atoms with Gasteiger partial charge in [-0.25, -0.2) is 29.3 Å². The van der Waals surface area contributed by atoms with Crippen LogP contribution in [0.5, 0.6) is 11.5 Å². The average Bonchev–Trinajstić information content (AvgIpc) is 4.30. The van der Waals surface area contributed by atoms with Gasteiger partial charge in [0, 0.05) is 39.6 Å². The van der Waals surface area contributed by atoms with Crippen molar-refractivity contribution in [2.24, 2.45) is 0 Å². The molecule has 10 aromatic rings. The molecule has 2 saturated heterocycles. The number of nitro groups is 1. The number of para-hydroxylation sites is 1. The van der Waals surface area contributed by atoms with Gasteiger partial charge in [0.05, 0.1) is 53.4 Å². The standard InChI is InChI=1S/C27H27N7O3.C26H24N8O5/c1-15-18-5-3-4-6-20(18)37-24(15)27(35)32-19-8-7-16(13-21(19)36-2)23-22-25(28)30-14-31-26(22)34(33-23)17-9-11-29-12-10-17;1-38-20-11-14(23-22-24(27)29-13-30-25(22)33(32-23)16-6-8-28-9-7-16)2-4-18(20)31-26(35)21-12-15-10-17(34(36)37)3-5-19(15)39-21/h3-8,13-14,17,29H,9-12H2,1-2H3,(H,32,35)(H2,28,30,31);2-5,10-13,16,28H,6-9H2,1H3,(H,31,35)(H2,27,29,30). The number of anilines is 4. The Morgan fingerprint density at radius 1 is 0.684 bits per heavy atom. The van der Waals surface area contributed by atoms with Crippen LogP contribution in [0.15, 0.2) is 106 Å². The molecule has 2 fully saturated rings. The van der Waals surface area contributed by atoms with Crippen LogP contribution in [0.2, 0.25) is 0 Å². The number of nitro benzene ring substituents is 1. The number of hydrogen-bond donors (Lipinski definition) is 6. The molecule has 0 atom stereocenters. The van der Waals surface area contributed by atoms with Crippen LogP contribution in [0.4, 0.5) is 28.7 Å². The summed E-state index contributed by atoms with van der Waals surface area (Å²) in [7, 11) is 3.06. The second-order valence-electron chi connectivity index (χ2n) is 18.3. The minimum atomic E-state index is -0.529. The highest BCUT2D eigenvalue weighted by molar-refractivity contribution is 6.08. The average molecular weight is 1030 g/mol. The van der Waals surface area contributed by atoms with Crippen molar-refractivity contribution in [1.29, 1.82) is 0 Å². The van der Waals surface area contributed by atoms with Gasteiger partial charge in [0.15, 0.2) is 22.8 Å². The van der Waals surface area contributed by atoms with Crippen LogP contribution in [0, 0.1) is 17.0 Å². The van der Waals surface area contributed by atoms with E-state index in [1.54, 1.807) is 31.4 Å². The number of nitrogen functional groups attached to an aromatic ring is 2. The van der Waals surface area contributed by atoms with Crippen LogP contribution in [0.3, 0.4) is 0 Å². The third-order valence-electron chi connectivity index (χ3n) is 13.8. The lowest BCUT2D eigenvalue weighted by atomic mass is 10.1. The normalized spacial score (nSPS) is 14.2. The second-order valence-corrected chi connectivity index (χ2v) is 18.3. The van der Waals surface area contributed by atoms with E-state index in [1.807, 2.05) is 52.7 Å². The van der Waals surface area contributed by atoms with E-state index in [0.717, 1.165) is 73.9 Å². The number of benzene rings is 4. The van der Waals surface area contributed by atoms with E-state index in [0.29, 0.717) is 84.5 Å². The van der Waals surface area contributed by atoms with Gasteiger partial charge in [-0.3, -0.25) is 19.7 Å². The number of nitrogens with two attached hydrogens (primary N) is 2. The largest absolute Gasteiger partial charge is 0.495 e. The number of furan rings is 2. The number of carbonyl (C=O) groups excluding carboxylic acids is 2. The maximum Gasteiger partial charge on any atom is 0.291 e. The van der Waals surface area contributed by atoms with E-state index < -0.39 is 10.8 Å². The summed E-state index contributed by atoms with van der Waals surface area (Å²) >= 11 is 0. The Morgan fingerprint density at radius 3 is 1.75 bits per heavy atom. The number of ether oxygens (including phenoxy) is 2. The lowest BCUT2D eigenvalue weighted by Gasteiger charge is -2.23. The Bertz CT molecular complexity index is 3870. The molecule has 0 saturated carbocycles. The van der Waals surface area contributed by atoms with Gasteiger partial charge in [-0.15, -0.1) is 0 Å². The zero-order valence-corrected chi connectivity index (χ0v) is 41.5. The fraction of sp³-hybridized carbons (Fsp3) is 0.245. The molecule has 4 aromatic carbocycles. The first-order valence-electron chi connectivity index (χ1n) is 24.5. The first-order valence-corrected chi connectivity index (χ1v) is 24.5. The third-order valence-corrected chi connectivity index (χ3v) is 13.8. The van der Waals surface area contributed by atoms with Crippen LogP contribution < -0.4 is 42.2 Å². The number of non-ortho nitro benzene ring substituents is 1. The van der Waals surface area contributed by atoms with Gasteiger partial charge >= 0.3 is 0 Å². The molecule has 8 heterocycles. The zero-order valence-electron chi connectivity index (χ0n) is 41.5. The van der Waals surface area contributed by atoms with Crippen LogP contribution in [-0.4, -0.2) is 96.6 Å². The molecule has 386 valence electrons. The Morgan fingerprint density at radius 2 is 1.22 bits per heavy atom. The number of methoxy groups -OCH3 is 2. The van der Waals surface area contributed by atoms with Gasteiger partial charge in [-0.2, -0.15) is 10.2 Å². The van der Waals surface area contributed by atoms with Crippen molar-refractivity contribution in [2.45, 2.75) is 44.7 Å². The van der Waals surface area contributed by atoms with Crippen LogP contribution >= 0.6 is 0 Å². The molecule has 6 aromatic heterocycles. The zero-order chi connectivity index (χ0) is 52.6. The fourth-order valence-corrected chi connectivity index (χ4v) is 9.90. The highest BCUT2D eigenvalue weighted by atomic mass is 16.6. The maximum absolute atomic E-state index is 13.1. The first kappa shape index (κ1) is 48.8. The highest BCUT2D eigenvalue weighted by Gasteiger charge is 2.27. The fourth-order valence-electron chi connectivity index (χ4n) is 9.90. The lowest BCUT2D eigenvalue weighted by molar-refractivity contribution is -0.384. The molecule has 8 N–H and O–H groups in total. The van der Waals surface area contributed by atoms with Crippen molar-refractivity contribution in [3.05, 3.63) is 125 Å². The molecule has 76 heavy (non-hydrogen) atoms. The SMILES string of the molecule is COc1cc(-c2nn(C3CCNCC3)c3ncnc(N)c23)ccc1NC(=O)c1cc2cc([N+](=O)[O-])ccc2o1.COc1cc(-c2nn(C3CCNCC3)c3ncnc(N)c23)ccc1NC(=O)c1oc2ccccc2c1C. The van der Waals surface area contributed by atoms with E-state index in [-0.39, 0.29) is 35.2 Å². The Balaban J connectivity index is 0.000000162. The van der Waals surface area contributed by atoms with Gasteiger partial charge in [-0.1, -0.05) is 30.3 Å². The first-order chi connectivity index (χ1) is 37.0. The van der Waals surface area contributed by atoms with Gasteiger partial charge in [0.2, 0.25) is 0 Å². The Labute approximate surface area is 432 Å². The summed E-state index contributed by atoms with van der Waals surface area (Å²) in [6, 6.07) is 24.4. The molecule has 2 amide bonds. The molecule has 0 aliphatic carbocycles. The number of amides is 2. The molecule has 23 nitrogen and oxygen atoms in total. The molecule has 2 aliphatic rings. The van der Waals surface area contributed by atoms with Crippen molar-refractivity contribution in [2.75, 3.05) is 62.5 Å². The van der Waals surface area contributed by atoms with Crippen molar-refractivity contribution in [1.82, 2.24) is 50.1 Å². The van der Waals surface area contributed by atoms with Crippen molar-refractivity contribution >= 4 is 84.5 Å². The van der Waals surface area contributed by atoms with Crippen LogP contribution in [0.1, 0.15) is 64.4 Å². The Hall–Kier alpha value is -9.48. The topological polar surface area (TPSA) is 309 Å². The predicted octanol–water partition coefficient (Wildman–Crippen LogP) is 8.23. The summed E-state index contributed by atoms with van der Waals surface area (Å²) < 4.78 is 26.6. The Kier molecular flexibility index (Phi) is 13.1. The van der Waals surface area contributed by atoms with Gasteiger partial charge in [-0.05, 0) is 101 Å². The van der Waals surface area contributed by atoms with E-state index in [9.17, 15) is 19.7 Å². The summed E-state index contributed by atoms with van der Waals surface area (Å²) in [5, 5.41) is 36.1. The molecule has 2 aliphatic heterocycles. The van der Waals surface area contributed by atoms with Crippen LogP contribution in [0.25, 0.3) is 66.5 Å². The highest BCUT2D eigenvalue weighted by Crippen LogP contribution is 2.40. The summed E-state index contributed by atoms with van der Waals surface area (Å²) in [6.45, 7) is 5.51. The minimum Gasteiger partial charge on any atom is -0.495 e. The van der Waals surface area contributed by atoms with E-state index in [2.05, 4.69) is 41.2 Å². The van der Waals surface area contributed by atoms with E-state index >= 15 is 0 Å². The molecular weight excluding hydrogens is 975 g/mol. The number of fused-ring (bicyclic) bond motifs is 4. The van der Waals surface area contributed by atoms with Crippen molar-refractivity contribution in [3.8, 4) is 34.0 Å². The smallest absolute Gasteiger partial charge is 0.291 e. The number of rotatable bonds is 11. The van der Waals surface area contributed by atoms with Crippen LogP contribution in [-0.2, 0) is 0 Å². The number of hydrogen-bond acceptors (Lipinski definition) is 18. The number of nitrogens with one attached hydrogen (secondary N) is 4. The second kappa shape index (κ2) is 20.4.